The Bertz CT molecular complexity index is 136. The van der Waals surface area contributed by atoms with Gasteiger partial charge in [-0.25, -0.2) is 0 Å². The summed E-state index contributed by atoms with van der Waals surface area (Å²) in [6.45, 7) is 1.88. The van der Waals surface area contributed by atoms with Crippen molar-refractivity contribution in [1.29, 1.82) is 0 Å². The molecule has 0 bridgehead atoms. The molecular weight excluding hydrogens is 144 g/mol. The zero-order valence-corrected chi connectivity index (χ0v) is 6.67. The molecule has 0 rings (SSSR count). The van der Waals surface area contributed by atoms with Crippen LogP contribution in [0.1, 0.15) is 26.2 Å². The molecule has 0 aliphatic rings. The van der Waals surface area contributed by atoms with Crippen molar-refractivity contribution in [1.82, 2.24) is 5.32 Å². The van der Waals surface area contributed by atoms with Gasteiger partial charge in [0.05, 0.1) is 0 Å². The van der Waals surface area contributed by atoms with Gasteiger partial charge in [0.25, 0.3) is 0 Å². The monoisotopic (exact) mass is 158 g/mol. The highest BCUT2D eigenvalue weighted by Crippen LogP contribution is 1.98. The van der Waals surface area contributed by atoms with E-state index < -0.39 is 0 Å². The summed E-state index contributed by atoms with van der Waals surface area (Å²) in [4.78, 5) is 20.2. The third kappa shape index (κ3) is 6.83. The molecular formula is C7H14N2O2. The molecule has 3 N–H and O–H groups in total. The Morgan fingerprint density at radius 1 is 1.73 bits per heavy atom. The summed E-state index contributed by atoms with van der Waals surface area (Å²) in [5, 5.41) is 2.59. The van der Waals surface area contributed by atoms with E-state index in [0.717, 1.165) is 12.8 Å². The summed E-state index contributed by atoms with van der Waals surface area (Å²) >= 11 is 0. The minimum Gasteiger partial charge on any atom is -0.370 e. The summed E-state index contributed by atoms with van der Waals surface area (Å²) in [5.41, 5.74) is 4.92. The third-order valence-corrected chi connectivity index (χ3v) is 1.41. The quantitative estimate of drug-likeness (QED) is 0.524. The smallest absolute Gasteiger partial charge is 0.217 e. The summed E-state index contributed by atoms with van der Waals surface area (Å²) in [7, 11) is 0. The fourth-order valence-corrected chi connectivity index (χ4v) is 0.782. The first-order chi connectivity index (χ1) is 5.16. The molecule has 11 heavy (non-hydrogen) atoms. The van der Waals surface area contributed by atoms with Crippen LogP contribution in [-0.2, 0) is 9.59 Å². The van der Waals surface area contributed by atoms with Crippen molar-refractivity contribution in [2.75, 3.05) is 0 Å². The highest BCUT2D eigenvalue weighted by atomic mass is 16.1. The molecule has 1 atom stereocenters. The highest BCUT2D eigenvalue weighted by Gasteiger charge is 2.00. The largest absolute Gasteiger partial charge is 0.370 e. The van der Waals surface area contributed by atoms with Crippen LogP contribution in [0.5, 0.6) is 0 Å². The molecule has 0 saturated carbocycles. The van der Waals surface area contributed by atoms with E-state index in [0.29, 0.717) is 12.8 Å². The van der Waals surface area contributed by atoms with E-state index in [1.54, 1.807) is 0 Å². The minimum atomic E-state index is -0.289. The van der Waals surface area contributed by atoms with E-state index in [9.17, 15) is 9.59 Å². The number of amides is 2. The maximum absolute atomic E-state index is 10.3. The lowest BCUT2D eigenvalue weighted by Gasteiger charge is -2.07. The second-order valence-corrected chi connectivity index (χ2v) is 2.54. The summed E-state index contributed by atoms with van der Waals surface area (Å²) in [6.07, 6.45) is 2.58. The van der Waals surface area contributed by atoms with Gasteiger partial charge in [0.1, 0.15) is 0 Å². The van der Waals surface area contributed by atoms with Gasteiger partial charge in [0.2, 0.25) is 12.3 Å². The van der Waals surface area contributed by atoms with Crippen molar-refractivity contribution in [3.8, 4) is 0 Å². The second-order valence-electron chi connectivity index (χ2n) is 2.54. The highest BCUT2D eigenvalue weighted by molar-refractivity contribution is 5.73. The van der Waals surface area contributed by atoms with Crippen LogP contribution in [0.2, 0.25) is 0 Å². The number of nitrogens with two attached hydrogens (primary N) is 1. The lowest BCUT2D eigenvalue weighted by molar-refractivity contribution is -0.118. The van der Waals surface area contributed by atoms with Gasteiger partial charge in [0.15, 0.2) is 0 Å². The number of carbonyl (C=O) groups is 2. The molecule has 0 aromatic carbocycles. The van der Waals surface area contributed by atoms with Crippen LogP contribution in [0.15, 0.2) is 0 Å². The first-order valence-corrected chi connectivity index (χ1v) is 3.65. The summed E-state index contributed by atoms with van der Waals surface area (Å²) in [6, 6.07) is 0.131. The molecule has 0 aliphatic heterocycles. The van der Waals surface area contributed by atoms with Gasteiger partial charge < -0.3 is 11.1 Å². The van der Waals surface area contributed by atoms with E-state index in [1.807, 2.05) is 6.92 Å². The average Bonchev–Trinajstić information content (AvgIpc) is 1.87. The lowest BCUT2D eigenvalue weighted by atomic mass is 10.1. The van der Waals surface area contributed by atoms with Gasteiger partial charge in [-0.05, 0) is 19.8 Å². The Labute approximate surface area is 66.1 Å². The molecule has 0 aromatic rings. The molecule has 1 unspecified atom stereocenters. The van der Waals surface area contributed by atoms with Crippen LogP contribution in [-0.4, -0.2) is 18.4 Å². The first kappa shape index (κ1) is 9.94. The van der Waals surface area contributed by atoms with E-state index >= 15 is 0 Å². The lowest BCUT2D eigenvalue weighted by Crippen LogP contribution is -2.24. The molecule has 0 aliphatic carbocycles. The second kappa shape index (κ2) is 5.70. The molecule has 2 amide bonds. The average molecular weight is 158 g/mol. The van der Waals surface area contributed by atoms with E-state index in [2.05, 4.69) is 5.32 Å². The fourth-order valence-electron chi connectivity index (χ4n) is 0.782. The molecule has 0 saturated heterocycles. The Hall–Kier alpha value is -1.06. The van der Waals surface area contributed by atoms with Gasteiger partial charge in [0, 0.05) is 12.5 Å². The van der Waals surface area contributed by atoms with Gasteiger partial charge >= 0.3 is 0 Å². The Balaban J connectivity index is 3.23. The number of nitrogens with one attached hydrogen (secondary N) is 1. The van der Waals surface area contributed by atoms with Crippen molar-refractivity contribution in [3.05, 3.63) is 0 Å². The predicted molar refractivity (Wildman–Crippen MR) is 41.7 cm³/mol. The fraction of sp³-hybridized carbons (Fsp3) is 0.714. The first-order valence-electron chi connectivity index (χ1n) is 3.65. The van der Waals surface area contributed by atoms with Crippen molar-refractivity contribution in [2.24, 2.45) is 5.73 Å². The number of rotatable bonds is 6. The van der Waals surface area contributed by atoms with Crippen LogP contribution in [0.25, 0.3) is 0 Å². The van der Waals surface area contributed by atoms with Gasteiger partial charge in [-0.3, -0.25) is 9.59 Å². The zero-order chi connectivity index (χ0) is 8.69. The molecule has 0 radical (unpaired) electrons. The Morgan fingerprint density at radius 2 is 2.36 bits per heavy atom. The van der Waals surface area contributed by atoms with Crippen molar-refractivity contribution in [3.63, 3.8) is 0 Å². The van der Waals surface area contributed by atoms with Crippen LogP contribution >= 0.6 is 0 Å². The molecule has 4 nitrogen and oxygen atoms in total. The van der Waals surface area contributed by atoms with Crippen molar-refractivity contribution >= 4 is 12.3 Å². The van der Waals surface area contributed by atoms with E-state index in [1.165, 1.54) is 0 Å². The van der Waals surface area contributed by atoms with Gasteiger partial charge in [-0.1, -0.05) is 0 Å². The normalized spacial score (nSPS) is 12.1. The Kier molecular flexibility index (Phi) is 5.15. The number of hydrogen-bond donors (Lipinski definition) is 2. The standard InChI is InChI=1S/C7H14N2O2/c1-6(9-5-10)3-2-4-7(8)11/h5-6H,2-4H2,1H3,(H2,8,11)(H,9,10). The SMILES string of the molecule is CC(CCCC(N)=O)NC=O. The molecule has 0 fully saturated rings. The number of hydrogen-bond acceptors (Lipinski definition) is 2. The van der Waals surface area contributed by atoms with Crippen LogP contribution in [0.4, 0.5) is 0 Å². The maximum atomic E-state index is 10.3. The van der Waals surface area contributed by atoms with Crippen LogP contribution in [0.3, 0.4) is 0 Å². The molecule has 4 heteroatoms. The molecule has 0 spiro atoms. The minimum absolute atomic E-state index is 0.131. The number of carbonyl (C=O) groups excluding carboxylic acids is 2. The maximum Gasteiger partial charge on any atom is 0.217 e. The van der Waals surface area contributed by atoms with Crippen molar-refractivity contribution < 1.29 is 9.59 Å². The van der Waals surface area contributed by atoms with E-state index in [4.69, 9.17) is 5.73 Å². The number of primary amides is 1. The van der Waals surface area contributed by atoms with Crippen molar-refractivity contribution in [2.45, 2.75) is 32.2 Å². The Morgan fingerprint density at radius 3 is 2.82 bits per heavy atom. The summed E-state index contributed by atoms with van der Waals surface area (Å²) in [5.74, 6) is -0.289. The zero-order valence-electron chi connectivity index (χ0n) is 6.67. The summed E-state index contributed by atoms with van der Waals surface area (Å²) < 4.78 is 0. The topological polar surface area (TPSA) is 72.2 Å². The van der Waals surface area contributed by atoms with Gasteiger partial charge in [-0.15, -0.1) is 0 Å². The van der Waals surface area contributed by atoms with Gasteiger partial charge in [-0.2, -0.15) is 0 Å². The van der Waals surface area contributed by atoms with Crippen LogP contribution in [0, 0.1) is 0 Å². The molecule has 0 heterocycles. The predicted octanol–water partition coefficient (Wildman–Crippen LogP) is -0.223. The molecule has 64 valence electrons. The third-order valence-electron chi connectivity index (χ3n) is 1.41. The van der Waals surface area contributed by atoms with Crippen LogP contribution < -0.4 is 11.1 Å². The van der Waals surface area contributed by atoms with E-state index in [-0.39, 0.29) is 11.9 Å². The molecule has 0 aromatic heterocycles.